The minimum Gasteiger partial charge on any atom is -0.484 e. The van der Waals surface area contributed by atoms with Crippen molar-refractivity contribution >= 4 is 34.4 Å². The Balaban J connectivity index is 1.44. The molecule has 0 aliphatic carbocycles. The lowest BCUT2D eigenvalue weighted by molar-refractivity contribution is -0.123. The van der Waals surface area contributed by atoms with Crippen LogP contribution >= 0.6 is 11.6 Å². The van der Waals surface area contributed by atoms with Gasteiger partial charge >= 0.3 is 0 Å². The molecule has 1 heterocycles. The van der Waals surface area contributed by atoms with Crippen molar-refractivity contribution in [3.05, 3.63) is 77.9 Å². The molecule has 8 nitrogen and oxygen atoms in total. The van der Waals surface area contributed by atoms with Gasteiger partial charge in [-0.15, -0.1) is 6.58 Å². The fourth-order valence-corrected chi connectivity index (χ4v) is 3.04. The average Bonchev–Trinajstić information content (AvgIpc) is 2.82. The zero-order chi connectivity index (χ0) is 23.8. The van der Waals surface area contributed by atoms with Crippen molar-refractivity contribution in [3.63, 3.8) is 0 Å². The number of halogens is 2. The molecule has 0 spiro atoms. The van der Waals surface area contributed by atoms with Gasteiger partial charge < -0.3 is 20.5 Å². The Morgan fingerprint density at radius 2 is 2.00 bits per heavy atom. The molecule has 2 amide bonds. The number of aromatic nitrogens is 2. The third-order valence-electron chi connectivity index (χ3n) is 4.60. The number of ether oxygens (including phenoxy) is 1. The average molecular weight is 473 g/mol. The summed E-state index contributed by atoms with van der Waals surface area (Å²) in [5.74, 6) is -1.46. The van der Waals surface area contributed by atoms with Gasteiger partial charge in [0.25, 0.3) is 11.8 Å². The van der Waals surface area contributed by atoms with E-state index in [4.69, 9.17) is 16.3 Å². The predicted molar refractivity (Wildman–Crippen MR) is 122 cm³/mol. The number of fused-ring (bicyclic) bond motifs is 1. The molecule has 33 heavy (non-hydrogen) atoms. The van der Waals surface area contributed by atoms with Crippen LogP contribution in [0, 0.1) is 5.82 Å². The molecule has 2 atom stereocenters. The maximum absolute atomic E-state index is 13.4. The maximum atomic E-state index is 13.4. The zero-order valence-electron chi connectivity index (χ0n) is 17.5. The molecule has 0 saturated heterocycles. The van der Waals surface area contributed by atoms with Gasteiger partial charge in [0.15, 0.2) is 6.61 Å². The maximum Gasteiger partial charge on any atom is 0.271 e. The van der Waals surface area contributed by atoms with Crippen LogP contribution in [0.3, 0.4) is 0 Å². The van der Waals surface area contributed by atoms with Crippen molar-refractivity contribution in [2.45, 2.75) is 18.6 Å². The molecule has 172 valence electrons. The number of para-hydroxylation sites is 2. The van der Waals surface area contributed by atoms with E-state index in [1.807, 2.05) is 6.07 Å². The second-order valence-electron chi connectivity index (χ2n) is 7.12. The fraction of sp³-hybridized carbons (Fsp3) is 0.217. The highest BCUT2D eigenvalue weighted by atomic mass is 35.5. The summed E-state index contributed by atoms with van der Waals surface area (Å²) >= 11 is 5.61. The number of amides is 2. The van der Waals surface area contributed by atoms with E-state index in [1.54, 1.807) is 18.2 Å². The van der Waals surface area contributed by atoms with Gasteiger partial charge in [-0.1, -0.05) is 29.8 Å². The standard InChI is InChI=1S/C23H22ClFN4O4/c1-2-14(28-22(31)13-33-16-7-8-17(24)18(25)10-16)9-15(30)11-27-23(32)21-12-26-19-5-3-4-6-20(19)29-21/h2-8,10,12,14-15,30H,1,9,11,13H2,(H,27,32)(H,28,31). The van der Waals surface area contributed by atoms with E-state index in [9.17, 15) is 19.1 Å². The van der Waals surface area contributed by atoms with Crippen molar-refractivity contribution in [2.24, 2.45) is 0 Å². The Morgan fingerprint density at radius 1 is 1.24 bits per heavy atom. The molecule has 3 aromatic rings. The molecule has 0 bridgehead atoms. The normalized spacial score (nSPS) is 12.6. The summed E-state index contributed by atoms with van der Waals surface area (Å²) in [5.41, 5.74) is 1.39. The molecule has 0 saturated carbocycles. The number of nitrogens with one attached hydrogen (secondary N) is 2. The van der Waals surface area contributed by atoms with Gasteiger partial charge in [-0.25, -0.2) is 9.37 Å². The van der Waals surface area contributed by atoms with Gasteiger partial charge in [0.2, 0.25) is 0 Å². The summed E-state index contributed by atoms with van der Waals surface area (Å²) in [5, 5.41) is 15.4. The van der Waals surface area contributed by atoms with Gasteiger partial charge in [0, 0.05) is 18.7 Å². The topological polar surface area (TPSA) is 113 Å². The first-order valence-corrected chi connectivity index (χ1v) is 10.4. The van der Waals surface area contributed by atoms with Crippen LogP contribution in [0.15, 0.2) is 61.3 Å². The number of hydrogen-bond donors (Lipinski definition) is 3. The van der Waals surface area contributed by atoms with Crippen LogP contribution in [-0.2, 0) is 4.79 Å². The highest BCUT2D eigenvalue weighted by molar-refractivity contribution is 6.30. The first-order valence-electron chi connectivity index (χ1n) is 10.0. The van der Waals surface area contributed by atoms with Crippen molar-refractivity contribution in [1.29, 1.82) is 0 Å². The highest BCUT2D eigenvalue weighted by Crippen LogP contribution is 2.20. The first kappa shape index (κ1) is 24.1. The number of rotatable bonds is 10. The van der Waals surface area contributed by atoms with Gasteiger partial charge in [0.1, 0.15) is 17.3 Å². The molecular formula is C23H22ClFN4O4. The molecule has 0 aliphatic heterocycles. The lowest BCUT2D eigenvalue weighted by atomic mass is 10.1. The van der Waals surface area contributed by atoms with Gasteiger partial charge in [-0.2, -0.15) is 0 Å². The van der Waals surface area contributed by atoms with E-state index in [1.165, 1.54) is 24.4 Å². The first-order chi connectivity index (χ1) is 15.9. The molecular weight excluding hydrogens is 451 g/mol. The van der Waals surface area contributed by atoms with Gasteiger partial charge in [-0.3, -0.25) is 14.6 Å². The summed E-state index contributed by atoms with van der Waals surface area (Å²) in [6, 6.07) is 10.4. The molecule has 0 aliphatic rings. The Labute approximate surface area is 194 Å². The molecule has 2 aromatic carbocycles. The Kier molecular flexibility index (Phi) is 8.28. The number of hydrogen-bond acceptors (Lipinski definition) is 6. The second-order valence-corrected chi connectivity index (χ2v) is 7.53. The summed E-state index contributed by atoms with van der Waals surface area (Å²) in [4.78, 5) is 32.9. The molecule has 1 aromatic heterocycles. The Hall–Kier alpha value is -3.56. The summed E-state index contributed by atoms with van der Waals surface area (Å²) < 4.78 is 18.7. The van der Waals surface area contributed by atoms with E-state index in [0.717, 1.165) is 6.07 Å². The number of carbonyl (C=O) groups is 2. The van der Waals surface area contributed by atoms with Crippen molar-refractivity contribution in [2.75, 3.05) is 13.2 Å². The largest absolute Gasteiger partial charge is 0.484 e. The van der Waals surface area contributed by atoms with E-state index in [0.29, 0.717) is 11.0 Å². The van der Waals surface area contributed by atoms with Gasteiger partial charge in [-0.05, 0) is 30.7 Å². The van der Waals surface area contributed by atoms with E-state index in [-0.39, 0.29) is 36.0 Å². The van der Waals surface area contributed by atoms with Crippen LogP contribution in [0.2, 0.25) is 5.02 Å². The molecule has 0 fully saturated rings. The smallest absolute Gasteiger partial charge is 0.271 e. The minimum atomic E-state index is -0.961. The van der Waals surface area contributed by atoms with Crippen molar-refractivity contribution < 1.29 is 23.8 Å². The monoisotopic (exact) mass is 472 g/mol. The lowest BCUT2D eigenvalue weighted by Crippen LogP contribution is -2.41. The number of benzene rings is 2. The van der Waals surface area contributed by atoms with Crippen LogP contribution in [0.4, 0.5) is 4.39 Å². The molecule has 3 N–H and O–H groups in total. The number of nitrogens with zero attached hydrogens (tertiary/aromatic N) is 2. The summed E-state index contributed by atoms with van der Waals surface area (Å²) in [6.07, 6.45) is 1.97. The lowest BCUT2D eigenvalue weighted by Gasteiger charge is -2.19. The molecule has 10 heteroatoms. The highest BCUT2D eigenvalue weighted by Gasteiger charge is 2.17. The van der Waals surface area contributed by atoms with Crippen molar-refractivity contribution in [3.8, 4) is 5.75 Å². The predicted octanol–water partition coefficient (Wildman–Crippen LogP) is 2.65. The minimum absolute atomic E-state index is 0.0488. The van der Waals surface area contributed by atoms with Crippen LogP contribution < -0.4 is 15.4 Å². The summed E-state index contributed by atoms with van der Waals surface area (Å²) in [7, 11) is 0. The van der Waals surface area contributed by atoms with Crippen LogP contribution in [0.25, 0.3) is 11.0 Å². The van der Waals surface area contributed by atoms with Crippen LogP contribution in [-0.4, -0.2) is 52.2 Å². The third kappa shape index (κ3) is 6.96. The Bertz CT molecular complexity index is 1160. The number of carbonyl (C=O) groups excluding carboxylic acids is 2. The fourth-order valence-electron chi connectivity index (χ4n) is 2.92. The second kappa shape index (κ2) is 11.3. The van der Waals surface area contributed by atoms with E-state index < -0.39 is 29.8 Å². The zero-order valence-corrected chi connectivity index (χ0v) is 18.3. The SMILES string of the molecule is C=CC(CC(O)CNC(=O)c1cnc2ccccc2n1)NC(=O)COc1ccc(Cl)c(F)c1. The van der Waals surface area contributed by atoms with Crippen LogP contribution in [0.5, 0.6) is 5.75 Å². The number of aliphatic hydroxyl groups is 1. The molecule has 0 radical (unpaired) electrons. The molecule has 2 unspecified atom stereocenters. The number of aliphatic hydroxyl groups excluding tert-OH is 1. The summed E-state index contributed by atoms with van der Waals surface area (Å²) in [6.45, 7) is 3.22. The molecule has 3 rings (SSSR count). The van der Waals surface area contributed by atoms with E-state index in [2.05, 4.69) is 27.2 Å². The quantitative estimate of drug-likeness (QED) is 0.391. The van der Waals surface area contributed by atoms with Gasteiger partial charge in [0.05, 0.1) is 28.4 Å². The van der Waals surface area contributed by atoms with Crippen LogP contribution in [0.1, 0.15) is 16.9 Å². The van der Waals surface area contributed by atoms with E-state index >= 15 is 0 Å². The van der Waals surface area contributed by atoms with Crippen molar-refractivity contribution in [1.82, 2.24) is 20.6 Å². The Morgan fingerprint density at radius 3 is 2.73 bits per heavy atom. The third-order valence-corrected chi connectivity index (χ3v) is 4.90.